The Morgan fingerprint density at radius 1 is 1.10 bits per heavy atom. The third kappa shape index (κ3) is 4.05. The van der Waals surface area contributed by atoms with Crippen LogP contribution in [0.25, 0.3) is 10.9 Å². The number of carbonyl (C=O) groups excluding carboxylic acids is 2. The highest BCUT2D eigenvalue weighted by molar-refractivity contribution is 5.99. The van der Waals surface area contributed by atoms with Gasteiger partial charge in [0.25, 0.3) is 5.91 Å². The van der Waals surface area contributed by atoms with Gasteiger partial charge in [-0.1, -0.05) is 30.3 Å². The average molecular weight is 406 g/mol. The van der Waals surface area contributed by atoms with E-state index in [0.717, 1.165) is 16.5 Å². The zero-order chi connectivity index (χ0) is 21.1. The highest BCUT2D eigenvalue weighted by Crippen LogP contribution is 2.30. The van der Waals surface area contributed by atoms with Crippen LogP contribution < -0.4 is 14.8 Å². The molecule has 1 amide bonds. The van der Waals surface area contributed by atoms with Crippen molar-refractivity contribution in [1.82, 2.24) is 10.3 Å². The minimum atomic E-state index is -0.565. The molecular weight excluding hydrogens is 384 g/mol. The van der Waals surface area contributed by atoms with Crippen molar-refractivity contribution in [2.45, 2.75) is 20.0 Å². The van der Waals surface area contributed by atoms with Crippen molar-refractivity contribution in [3.8, 4) is 11.5 Å². The standard InChI is InChI=1S/C23H22N2O5/c1-14-17-7-3-4-8-18(17)25-15(2)22(14)23(27)29-13-21(26)24-11-16-12-28-19-9-5-6-10-20(19)30-16/h3-10,16H,11-13H2,1-2H3,(H,24,26)/t16-/m1/s1. The van der Waals surface area contributed by atoms with Gasteiger partial charge in [0.2, 0.25) is 0 Å². The highest BCUT2D eigenvalue weighted by atomic mass is 16.6. The summed E-state index contributed by atoms with van der Waals surface area (Å²) in [7, 11) is 0. The van der Waals surface area contributed by atoms with E-state index in [1.54, 1.807) is 6.92 Å². The Morgan fingerprint density at radius 2 is 1.83 bits per heavy atom. The van der Waals surface area contributed by atoms with Crippen molar-refractivity contribution in [2.24, 2.45) is 0 Å². The van der Waals surface area contributed by atoms with Crippen LogP contribution in [0.3, 0.4) is 0 Å². The molecular formula is C23H22N2O5. The number of aromatic nitrogens is 1. The van der Waals surface area contributed by atoms with E-state index in [1.165, 1.54) is 0 Å². The lowest BCUT2D eigenvalue weighted by atomic mass is 10.0. The number of para-hydroxylation sites is 3. The fourth-order valence-electron chi connectivity index (χ4n) is 3.48. The maximum Gasteiger partial charge on any atom is 0.340 e. The molecule has 2 aromatic carbocycles. The van der Waals surface area contributed by atoms with Crippen LogP contribution in [-0.4, -0.2) is 42.7 Å². The van der Waals surface area contributed by atoms with Crippen LogP contribution in [0, 0.1) is 13.8 Å². The van der Waals surface area contributed by atoms with Crippen molar-refractivity contribution in [3.05, 3.63) is 65.4 Å². The Hall–Kier alpha value is -3.61. The first-order valence-corrected chi connectivity index (χ1v) is 9.71. The van der Waals surface area contributed by atoms with Gasteiger partial charge >= 0.3 is 5.97 Å². The predicted octanol–water partition coefficient (Wildman–Crippen LogP) is 2.96. The maximum absolute atomic E-state index is 12.6. The zero-order valence-corrected chi connectivity index (χ0v) is 16.8. The number of benzene rings is 2. The number of amides is 1. The van der Waals surface area contributed by atoms with E-state index in [1.807, 2.05) is 55.5 Å². The molecule has 0 spiro atoms. The van der Waals surface area contributed by atoms with Crippen molar-refractivity contribution < 1.29 is 23.8 Å². The summed E-state index contributed by atoms with van der Waals surface area (Å²) < 4.78 is 16.6. The molecule has 154 valence electrons. The van der Waals surface area contributed by atoms with Gasteiger partial charge in [-0.2, -0.15) is 0 Å². The maximum atomic E-state index is 12.6. The molecule has 0 saturated carbocycles. The van der Waals surface area contributed by atoms with Crippen LogP contribution in [0.5, 0.6) is 11.5 Å². The first-order chi connectivity index (χ1) is 14.5. The number of fused-ring (bicyclic) bond motifs is 2. The summed E-state index contributed by atoms with van der Waals surface area (Å²) >= 11 is 0. The number of rotatable bonds is 5. The SMILES string of the molecule is Cc1nc2ccccc2c(C)c1C(=O)OCC(=O)NC[C@@H]1COc2ccccc2O1. The summed E-state index contributed by atoms with van der Waals surface area (Å²) in [5.74, 6) is 0.354. The van der Waals surface area contributed by atoms with E-state index in [-0.39, 0.29) is 19.3 Å². The number of pyridine rings is 1. The Morgan fingerprint density at radius 3 is 2.67 bits per heavy atom. The molecule has 4 rings (SSSR count). The Labute approximate surface area is 174 Å². The number of esters is 1. The van der Waals surface area contributed by atoms with E-state index in [9.17, 15) is 9.59 Å². The van der Waals surface area contributed by atoms with E-state index in [2.05, 4.69) is 10.3 Å². The first-order valence-electron chi connectivity index (χ1n) is 9.71. The minimum Gasteiger partial charge on any atom is -0.486 e. The second-order valence-corrected chi connectivity index (χ2v) is 7.09. The van der Waals surface area contributed by atoms with Gasteiger partial charge in [0.1, 0.15) is 12.7 Å². The molecule has 1 aromatic heterocycles. The molecule has 1 aliphatic heterocycles. The van der Waals surface area contributed by atoms with Crippen molar-refractivity contribution in [3.63, 3.8) is 0 Å². The molecule has 0 radical (unpaired) electrons. The first kappa shape index (κ1) is 19.7. The lowest BCUT2D eigenvalue weighted by Crippen LogP contribution is -2.42. The Kier molecular flexibility index (Phi) is 5.52. The third-order valence-electron chi connectivity index (χ3n) is 4.97. The second kappa shape index (κ2) is 8.41. The normalized spacial score (nSPS) is 14.9. The number of carbonyl (C=O) groups is 2. The smallest absolute Gasteiger partial charge is 0.340 e. The minimum absolute atomic E-state index is 0.250. The lowest BCUT2D eigenvalue weighted by Gasteiger charge is -2.26. The molecule has 2 heterocycles. The molecule has 7 nitrogen and oxygen atoms in total. The monoisotopic (exact) mass is 406 g/mol. The summed E-state index contributed by atoms with van der Waals surface area (Å²) in [6.07, 6.45) is -0.311. The largest absolute Gasteiger partial charge is 0.486 e. The molecule has 1 aliphatic rings. The molecule has 0 fully saturated rings. The number of aryl methyl sites for hydroxylation is 2. The topological polar surface area (TPSA) is 86.8 Å². The summed E-state index contributed by atoms with van der Waals surface area (Å²) in [6.45, 7) is 3.81. The number of hydrogen-bond acceptors (Lipinski definition) is 6. The van der Waals surface area contributed by atoms with E-state index in [0.29, 0.717) is 29.4 Å². The molecule has 0 unspecified atom stereocenters. The molecule has 0 saturated heterocycles. The van der Waals surface area contributed by atoms with E-state index in [4.69, 9.17) is 14.2 Å². The number of hydrogen-bond donors (Lipinski definition) is 1. The van der Waals surface area contributed by atoms with Gasteiger partial charge in [-0.25, -0.2) is 4.79 Å². The van der Waals surface area contributed by atoms with Crippen LogP contribution in [0.15, 0.2) is 48.5 Å². The average Bonchev–Trinajstić information content (AvgIpc) is 2.76. The molecule has 30 heavy (non-hydrogen) atoms. The predicted molar refractivity (Wildman–Crippen MR) is 111 cm³/mol. The Bertz CT molecular complexity index is 1110. The van der Waals surface area contributed by atoms with Gasteiger partial charge < -0.3 is 19.5 Å². The fraction of sp³-hybridized carbons (Fsp3) is 0.261. The molecule has 0 aliphatic carbocycles. The van der Waals surface area contributed by atoms with Crippen molar-refractivity contribution in [1.29, 1.82) is 0 Å². The molecule has 0 bridgehead atoms. The summed E-state index contributed by atoms with van der Waals surface area (Å²) in [5, 5.41) is 3.60. The number of ether oxygens (including phenoxy) is 3. The Balaban J connectivity index is 1.32. The van der Waals surface area contributed by atoms with Gasteiger partial charge in [-0.3, -0.25) is 9.78 Å². The highest BCUT2D eigenvalue weighted by Gasteiger charge is 2.22. The van der Waals surface area contributed by atoms with Gasteiger partial charge in [-0.05, 0) is 37.6 Å². The molecule has 7 heteroatoms. The quantitative estimate of drug-likeness (QED) is 0.656. The van der Waals surface area contributed by atoms with Gasteiger partial charge in [-0.15, -0.1) is 0 Å². The van der Waals surface area contributed by atoms with Crippen LogP contribution in [0.1, 0.15) is 21.6 Å². The fourth-order valence-corrected chi connectivity index (χ4v) is 3.48. The molecule has 1 atom stereocenters. The van der Waals surface area contributed by atoms with Gasteiger partial charge in [0.15, 0.2) is 18.1 Å². The van der Waals surface area contributed by atoms with Gasteiger partial charge in [0, 0.05) is 5.39 Å². The summed E-state index contributed by atoms with van der Waals surface area (Å²) in [5.41, 5.74) is 2.57. The summed E-state index contributed by atoms with van der Waals surface area (Å²) in [4.78, 5) is 29.2. The second-order valence-electron chi connectivity index (χ2n) is 7.09. The van der Waals surface area contributed by atoms with Gasteiger partial charge in [0.05, 0.1) is 23.3 Å². The summed E-state index contributed by atoms with van der Waals surface area (Å²) in [6, 6.07) is 15.0. The van der Waals surface area contributed by atoms with E-state index < -0.39 is 11.9 Å². The van der Waals surface area contributed by atoms with Crippen LogP contribution in [0.2, 0.25) is 0 Å². The van der Waals surface area contributed by atoms with E-state index >= 15 is 0 Å². The zero-order valence-electron chi connectivity index (χ0n) is 16.8. The number of nitrogens with one attached hydrogen (secondary N) is 1. The van der Waals surface area contributed by atoms with Crippen LogP contribution in [-0.2, 0) is 9.53 Å². The molecule has 3 aromatic rings. The van der Waals surface area contributed by atoms with Crippen LogP contribution >= 0.6 is 0 Å². The number of nitrogens with zero attached hydrogens (tertiary/aromatic N) is 1. The molecule has 1 N–H and O–H groups in total. The third-order valence-corrected chi connectivity index (χ3v) is 4.97. The van der Waals surface area contributed by atoms with Crippen molar-refractivity contribution in [2.75, 3.05) is 19.8 Å². The lowest BCUT2D eigenvalue weighted by molar-refractivity contribution is -0.124. The van der Waals surface area contributed by atoms with Crippen LogP contribution in [0.4, 0.5) is 0 Å². The van der Waals surface area contributed by atoms with Crippen molar-refractivity contribution >= 4 is 22.8 Å².